The van der Waals surface area contributed by atoms with E-state index in [2.05, 4.69) is 0 Å². The average molecular weight is 311 g/mol. The second kappa shape index (κ2) is 5.85. The summed E-state index contributed by atoms with van der Waals surface area (Å²) in [4.78, 5) is 25.0. The van der Waals surface area contributed by atoms with Crippen molar-refractivity contribution in [3.05, 3.63) is 29.8 Å². The highest BCUT2D eigenvalue weighted by molar-refractivity contribution is 7.90. The Labute approximate surface area is 123 Å². The first-order valence-electron chi connectivity index (χ1n) is 6.65. The third-order valence-corrected chi connectivity index (χ3v) is 4.72. The Morgan fingerprint density at radius 1 is 1.24 bits per heavy atom. The van der Waals surface area contributed by atoms with Crippen molar-refractivity contribution in [2.75, 3.05) is 12.8 Å². The molecule has 1 fully saturated rings. The van der Waals surface area contributed by atoms with E-state index in [-0.39, 0.29) is 10.5 Å². The predicted molar refractivity (Wildman–Crippen MR) is 75.9 cm³/mol. The van der Waals surface area contributed by atoms with Crippen molar-refractivity contribution in [2.24, 2.45) is 0 Å². The Morgan fingerprint density at radius 3 is 2.52 bits per heavy atom. The summed E-state index contributed by atoms with van der Waals surface area (Å²) in [6, 6.07) is 5.01. The van der Waals surface area contributed by atoms with E-state index in [1.165, 1.54) is 23.1 Å². The van der Waals surface area contributed by atoms with Gasteiger partial charge >= 0.3 is 5.97 Å². The number of carbonyl (C=O) groups is 2. The second-order valence-corrected chi connectivity index (χ2v) is 7.10. The lowest BCUT2D eigenvalue weighted by Crippen LogP contribution is -2.48. The van der Waals surface area contributed by atoms with E-state index in [0.29, 0.717) is 13.0 Å². The van der Waals surface area contributed by atoms with Crippen LogP contribution in [0.3, 0.4) is 0 Å². The average Bonchev–Trinajstić information content (AvgIpc) is 2.45. The Morgan fingerprint density at radius 2 is 1.90 bits per heavy atom. The number of carboxylic acid groups (broad SMARTS) is 1. The van der Waals surface area contributed by atoms with Crippen LogP contribution in [0.25, 0.3) is 0 Å². The van der Waals surface area contributed by atoms with E-state index in [4.69, 9.17) is 0 Å². The monoisotopic (exact) mass is 311 g/mol. The molecule has 1 atom stereocenters. The number of hydrogen-bond donors (Lipinski definition) is 1. The molecule has 1 aromatic rings. The predicted octanol–water partition coefficient (Wildman–Crippen LogP) is 1.17. The molecule has 114 valence electrons. The summed E-state index contributed by atoms with van der Waals surface area (Å²) in [7, 11) is -3.55. The molecule has 1 aliphatic rings. The maximum absolute atomic E-state index is 12.6. The lowest BCUT2D eigenvalue weighted by molar-refractivity contribution is -0.143. The topological polar surface area (TPSA) is 91.8 Å². The van der Waals surface area contributed by atoms with E-state index >= 15 is 0 Å². The van der Waals surface area contributed by atoms with E-state index in [1.807, 2.05) is 0 Å². The molecule has 0 bridgehead atoms. The molecule has 1 aromatic carbocycles. The van der Waals surface area contributed by atoms with Crippen molar-refractivity contribution in [1.29, 1.82) is 0 Å². The molecule has 0 spiro atoms. The number of nitrogens with zero attached hydrogens (tertiary/aromatic N) is 1. The van der Waals surface area contributed by atoms with E-state index in [0.717, 1.165) is 19.1 Å². The number of carboxylic acids is 1. The van der Waals surface area contributed by atoms with Crippen molar-refractivity contribution in [1.82, 2.24) is 4.90 Å². The smallest absolute Gasteiger partial charge is 0.326 e. The summed E-state index contributed by atoms with van der Waals surface area (Å²) in [5.74, 6) is -1.59. The van der Waals surface area contributed by atoms with E-state index < -0.39 is 27.8 Å². The van der Waals surface area contributed by atoms with Gasteiger partial charge in [0, 0.05) is 12.8 Å². The largest absolute Gasteiger partial charge is 0.480 e. The molecule has 1 aliphatic heterocycles. The fourth-order valence-corrected chi connectivity index (χ4v) is 3.43. The lowest BCUT2D eigenvalue weighted by Gasteiger charge is -2.33. The molecule has 1 N–H and O–H groups in total. The minimum atomic E-state index is -3.55. The third kappa shape index (κ3) is 3.24. The molecule has 21 heavy (non-hydrogen) atoms. The van der Waals surface area contributed by atoms with Gasteiger partial charge in [0.2, 0.25) is 0 Å². The van der Waals surface area contributed by atoms with Gasteiger partial charge in [-0.1, -0.05) is 12.1 Å². The fraction of sp³-hybridized carbons (Fsp3) is 0.429. The van der Waals surface area contributed by atoms with Crippen molar-refractivity contribution < 1.29 is 23.1 Å². The highest BCUT2D eigenvalue weighted by Gasteiger charge is 2.34. The zero-order valence-corrected chi connectivity index (χ0v) is 12.5. The molecule has 1 amide bonds. The summed E-state index contributed by atoms with van der Waals surface area (Å²) in [5, 5.41) is 9.22. The Hall–Kier alpha value is -1.89. The number of hydrogen-bond acceptors (Lipinski definition) is 4. The number of aliphatic carboxylic acids is 1. The normalized spacial score (nSPS) is 19.3. The van der Waals surface area contributed by atoms with Crippen LogP contribution in [0, 0.1) is 0 Å². The Balaban J connectivity index is 2.42. The highest BCUT2D eigenvalue weighted by atomic mass is 32.2. The number of likely N-dealkylation sites (tertiary alicyclic amines) is 1. The quantitative estimate of drug-likeness (QED) is 0.904. The molecule has 0 aromatic heterocycles. The first kappa shape index (κ1) is 15.5. The van der Waals surface area contributed by atoms with E-state index in [1.54, 1.807) is 6.07 Å². The van der Waals surface area contributed by atoms with Crippen LogP contribution in [0.1, 0.15) is 29.6 Å². The van der Waals surface area contributed by atoms with Crippen LogP contribution in [-0.4, -0.2) is 49.1 Å². The molecule has 7 heteroatoms. The van der Waals surface area contributed by atoms with Crippen molar-refractivity contribution >= 4 is 21.7 Å². The van der Waals surface area contributed by atoms with Crippen LogP contribution in [0.5, 0.6) is 0 Å². The highest BCUT2D eigenvalue weighted by Crippen LogP contribution is 2.23. The molecule has 0 aliphatic carbocycles. The third-order valence-electron chi connectivity index (χ3n) is 3.57. The van der Waals surface area contributed by atoms with Crippen LogP contribution in [0.15, 0.2) is 29.2 Å². The molecular formula is C14H17NO5S. The van der Waals surface area contributed by atoms with Crippen LogP contribution in [0.4, 0.5) is 0 Å². The molecule has 6 nitrogen and oxygen atoms in total. The van der Waals surface area contributed by atoms with Crippen LogP contribution < -0.4 is 0 Å². The maximum atomic E-state index is 12.6. The van der Waals surface area contributed by atoms with Gasteiger partial charge in [0.05, 0.1) is 10.5 Å². The summed E-state index contributed by atoms with van der Waals surface area (Å²) in [5.41, 5.74) is 0.0353. The zero-order chi connectivity index (χ0) is 15.6. The van der Waals surface area contributed by atoms with Gasteiger partial charge in [-0.05, 0) is 31.4 Å². The summed E-state index contributed by atoms with van der Waals surface area (Å²) in [6.07, 6.45) is 2.89. The van der Waals surface area contributed by atoms with Gasteiger partial charge in [0.25, 0.3) is 5.91 Å². The molecule has 0 saturated carbocycles. The van der Waals surface area contributed by atoms with Gasteiger partial charge in [-0.3, -0.25) is 4.79 Å². The number of amides is 1. The first-order chi connectivity index (χ1) is 9.82. The molecule has 1 saturated heterocycles. The first-order valence-corrected chi connectivity index (χ1v) is 8.54. The number of benzene rings is 1. The van der Waals surface area contributed by atoms with Gasteiger partial charge in [-0.15, -0.1) is 0 Å². The molecule has 2 rings (SSSR count). The number of carbonyl (C=O) groups excluding carboxylic acids is 1. The van der Waals surface area contributed by atoms with Gasteiger partial charge < -0.3 is 10.0 Å². The van der Waals surface area contributed by atoms with Gasteiger partial charge in [-0.25, -0.2) is 13.2 Å². The second-order valence-electron chi connectivity index (χ2n) is 5.12. The van der Waals surface area contributed by atoms with Crippen LogP contribution in [-0.2, 0) is 14.6 Å². The summed E-state index contributed by atoms with van der Waals surface area (Å²) in [6.45, 7) is 0.327. The molecular weight excluding hydrogens is 294 g/mol. The van der Waals surface area contributed by atoms with Crippen LogP contribution >= 0.6 is 0 Å². The van der Waals surface area contributed by atoms with Crippen molar-refractivity contribution in [3.63, 3.8) is 0 Å². The van der Waals surface area contributed by atoms with Gasteiger partial charge in [-0.2, -0.15) is 0 Å². The summed E-state index contributed by atoms with van der Waals surface area (Å²) < 4.78 is 23.5. The maximum Gasteiger partial charge on any atom is 0.326 e. The number of sulfone groups is 1. The van der Waals surface area contributed by atoms with Crippen LogP contribution in [0.2, 0.25) is 0 Å². The van der Waals surface area contributed by atoms with Gasteiger partial charge in [0.15, 0.2) is 9.84 Å². The van der Waals surface area contributed by atoms with Gasteiger partial charge in [0.1, 0.15) is 6.04 Å². The Kier molecular flexibility index (Phi) is 4.32. The summed E-state index contributed by atoms with van der Waals surface area (Å²) >= 11 is 0. The van der Waals surface area contributed by atoms with E-state index in [9.17, 15) is 23.1 Å². The molecule has 1 unspecified atom stereocenters. The lowest BCUT2D eigenvalue weighted by atomic mass is 10.0. The minimum Gasteiger partial charge on any atom is -0.480 e. The zero-order valence-electron chi connectivity index (χ0n) is 11.7. The molecule has 0 radical (unpaired) electrons. The number of piperidine rings is 1. The number of rotatable bonds is 3. The minimum absolute atomic E-state index is 0.0353. The SMILES string of the molecule is CS(=O)(=O)c1ccccc1C(=O)N1CCCCC1C(=O)O. The fourth-order valence-electron chi connectivity index (χ4n) is 2.55. The molecule has 1 heterocycles. The van der Waals surface area contributed by atoms with Crippen molar-refractivity contribution in [3.8, 4) is 0 Å². The Bertz CT molecular complexity index is 668. The standard InChI is InChI=1S/C14H17NO5S/c1-21(19,20)12-8-3-2-6-10(12)13(16)15-9-5-4-7-11(15)14(17)18/h2-3,6,8,11H,4-5,7,9H2,1H3,(H,17,18). The van der Waals surface area contributed by atoms with Crippen molar-refractivity contribution in [2.45, 2.75) is 30.2 Å².